The fraction of sp³-hybridized carbons (Fsp3) is 0.393. The largest absolute Gasteiger partial charge is 0.478 e. The summed E-state index contributed by atoms with van der Waals surface area (Å²) in [5, 5.41) is 11.9. The number of fused-ring (bicyclic) bond motifs is 1. The van der Waals surface area contributed by atoms with Crippen molar-refractivity contribution in [3.8, 4) is 0 Å². The van der Waals surface area contributed by atoms with Crippen molar-refractivity contribution in [1.82, 2.24) is 10.2 Å². The summed E-state index contributed by atoms with van der Waals surface area (Å²) >= 11 is 0. The summed E-state index contributed by atoms with van der Waals surface area (Å²) in [4.78, 5) is 38.4. The second kappa shape index (κ2) is 10.9. The summed E-state index contributed by atoms with van der Waals surface area (Å²) in [6.45, 7) is 10.3. The van der Waals surface area contributed by atoms with E-state index in [0.29, 0.717) is 6.54 Å². The van der Waals surface area contributed by atoms with Crippen molar-refractivity contribution in [3.05, 3.63) is 76.9 Å². The molecule has 0 saturated carbocycles. The molecule has 36 heavy (non-hydrogen) atoms. The van der Waals surface area contributed by atoms with E-state index in [9.17, 15) is 18.8 Å². The van der Waals surface area contributed by atoms with Gasteiger partial charge in [-0.3, -0.25) is 4.79 Å². The van der Waals surface area contributed by atoms with Crippen molar-refractivity contribution >= 4 is 23.4 Å². The lowest BCUT2D eigenvalue weighted by Crippen LogP contribution is -2.38. The molecule has 1 amide bonds. The molecule has 1 aromatic carbocycles. The Morgan fingerprint density at radius 2 is 1.92 bits per heavy atom. The molecule has 2 aliphatic rings. The van der Waals surface area contributed by atoms with Crippen LogP contribution in [0.1, 0.15) is 46.6 Å². The smallest absolute Gasteiger partial charge is 0.407 e. The number of ether oxygens (including phenoxy) is 1. The van der Waals surface area contributed by atoms with Gasteiger partial charge >= 0.3 is 12.1 Å². The van der Waals surface area contributed by atoms with E-state index in [1.807, 2.05) is 11.1 Å². The Hall–Kier alpha value is -3.68. The molecule has 0 aromatic heterocycles. The van der Waals surface area contributed by atoms with E-state index in [0.717, 1.165) is 34.1 Å². The van der Waals surface area contributed by atoms with Crippen molar-refractivity contribution < 1.29 is 28.6 Å². The van der Waals surface area contributed by atoms with Crippen LogP contribution in [0.2, 0.25) is 0 Å². The van der Waals surface area contributed by atoms with Gasteiger partial charge in [-0.2, -0.15) is 0 Å². The molecule has 8 heteroatoms. The van der Waals surface area contributed by atoms with Gasteiger partial charge in [0.1, 0.15) is 17.2 Å². The molecule has 1 aliphatic heterocycles. The molecule has 1 atom stereocenters. The Morgan fingerprint density at radius 1 is 1.25 bits per heavy atom. The number of hydrogen-bond acceptors (Lipinski definition) is 5. The number of carbonyl (C=O) groups is 3. The molecule has 2 N–H and O–H groups in total. The number of allylic oxidation sites excluding steroid dienone is 5. The van der Waals surface area contributed by atoms with E-state index >= 15 is 0 Å². The summed E-state index contributed by atoms with van der Waals surface area (Å²) in [7, 11) is 0. The van der Waals surface area contributed by atoms with Gasteiger partial charge in [-0.1, -0.05) is 38.1 Å². The average molecular weight is 497 g/mol. The number of Topliss-reactive ketones (excluding diaryl/α,β-unsaturated/α-hetero) is 1. The first-order valence-electron chi connectivity index (χ1n) is 11.9. The monoisotopic (exact) mass is 496 g/mol. The van der Waals surface area contributed by atoms with Crippen LogP contribution < -0.4 is 5.32 Å². The summed E-state index contributed by atoms with van der Waals surface area (Å²) < 4.78 is 19.2. The standard InChI is InChI=1S/C28H33FN2O5/c1-17(2)15-31-16-20-13-24(32)19(8-11-25(33)34)12-22(20)26(18-6-9-21(29)10-7-18)23(31)14-30-27(35)36-28(3,4)5/h6-12,16-17,19H,13-15H2,1-5H3,(H,30,35)(H,33,34)/b11-8+. The fourth-order valence-corrected chi connectivity index (χ4v) is 4.21. The maximum atomic E-state index is 13.8. The highest BCUT2D eigenvalue weighted by Gasteiger charge is 2.33. The van der Waals surface area contributed by atoms with E-state index in [1.165, 1.54) is 18.2 Å². The fourth-order valence-electron chi connectivity index (χ4n) is 4.21. The highest BCUT2D eigenvalue weighted by Crippen LogP contribution is 2.42. The topological polar surface area (TPSA) is 95.9 Å². The molecule has 1 aliphatic carbocycles. The predicted octanol–water partition coefficient (Wildman–Crippen LogP) is 5.07. The highest BCUT2D eigenvalue weighted by molar-refractivity contribution is 5.97. The van der Waals surface area contributed by atoms with Gasteiger partial charge in [0, 0.05) is 36.5 Å². The minimum Gasteiger partial charge on any atom is -0.478 e. The Morgan fingerprint density at radius 3 is 2.50 bits per heavy atom. The zero-order valence-electron chi connectivity index (χ0n) is 21.3. The van der Waals surface area contributed by atoms with E-state index in [-0.39, 0.29) is 30.5 Å². The van der Waals surface area contributed by atoms with Gasteiger partial charge < -0.3 is 20.1 Å². The second-order valence-electron chi connectivity index (χ2n) is 10.3. The number of carboxylic acids is 1. The number of nitrogens with one attached hydrogen (secondary N) is 1. The Balaban J connectivity index is 2.15. The van der Waals surface area contributed by atoms with Crippen LogP contribution in [0.3, 0.4) is 0 Å². The van der Waals surface area contributed by atoms with Crippen LogP contribution >= 0.6 is 0 Å². The highest BCUT2D eigenvalue weighted by atomic mass is 19.1. The van der Waals surface area contributed by atoms with Crippen LogP contribution in [-0.4, -0.2) is 46.5 Å². The molecule has 0 spiro atoms. The molecule has 7 nitrogen and oxygen atoms in total. The lowest BCUT2D eigenvalue weighted by atomic mass is 9.78. The number of hydrogen-bond donors (Lipinski definition) is 2. The molecule has 0 fully saturated rings. The van der Waals surface area contributed by atoms with Crippen molar-refractivity contribution in [2.24, 2.45) is 11.8 Å². The van der Waals surface area contributed by atoms with Crippen molar-refractivity contribution in [2.45, 2.75) is 46.6 Å². The van der Waals surface area contributed by atoms with Crippen molar-refractivity contribution in [2.75, 3.05) is 13.1 Å². The van der Waals surface area contributed by atoms with Gasteiger partial charge in [-0.25, -0.2) is 14.0 Å². The summed E-state index contributed by atoms with van der Waals surface area (Å²) in [5.41, 5.74) is 3.14. The first-order chi connectivity index (χ1) is 16.8. The first kappa shape index (κ1) is 26.9. The summed E-state index contributed by atoms with van der Waals surface area (Å²) in [6.07, 6.45) is 5.56. The molecule has 0 saturated heterocycles. The maximum Gasteiger partial charge on any atom is 0.407 e. The molecular formula is C28H33FN2O5. The van der Waals surface area contributed by atoms with Crippen LogP contribution in [0.4, 0.5) is 9.18 Å². The van der Waals surface area contributed by atoms with Crippen LogP contribution in [0, 0.1) is 17.7 Å². The van der Waals surface area contributed by atoms with Gasteiger partial charge in [0.25, 0.3) is 0 Å². The SMILES string of the molecule is CC(C)CN1C=C2CC(=O)C(/C=C/C(=O)O)C=C2C(c2ccc(F)cc2)=C1CNC(=O)OC(C)(C)C. The zero-order chi connectivity index (χ0) is 26.6. The third-order valence-corrected chi connectivity index (χ3v) is 5.58. The number of halogens is 1. The maximum absolute atomic E-state index is 13.8. The molecule has 1 heterocycles. The number of aliphatic carboxylic acids is 1. The average Bonchev–Trinajstić information content (AvgIpc) is 2.75. The number of carbonyl (C=O) groups excluding carboxylic acids is 2. The number of carboxylic acid groups (broad SMARTS) is 1. The van der Waals surface area contributed by atoms with Gasteiger partial charge in [0.15, 0.2) is 0 Å². The van der Waals surface area contributed by atoms with Gasteiger partial charge in [0.2, 0.25) is 0 Å². The van der Waals surface area contributed by atoms with Crippen molar-refractivity contribution in [1.29, 1.82) is 0 Å². The Bertz CT molecular complexity index is 1150. The molecule has 0 bridgehead atoms. The third kappa shape index (κ3) is 6.93. The number of nitrogens with zero attached hydrogens (tertiary/aromatic N) is 1. The molecule has 0 radical (unpaired) electrons. The number of alkyl carbamates (subject to hydrolysis) is 1. The van der Waals surface area contributed by atoms with E-state index in [4.69, 9.17) is 9.84 Å². The second-order valence-corrected chi connectivity index (χ2v) is 10.3. The third-order valence-electron chi connectivity index (χ3n) is 5.58. The molecule has 1 aromatic rings. The number of rotatable bonds is 7. The van der Waals surface area contributed by atoms with Crippen molar-refractivity contribution in [3.63, 3.8) is 0 Å². The van der Waals surface area contributed by atoms with Gasteiger partial charge in [-0.15, -0.1) is 0 Å². The van der Waals surface area contributed by atoms with Crippen LogP contribution in [0.5, 0.6) is 0 Å². The molecule has 192 valence electrons. The van der Waals surface area contributed by atoms with Gasteiger partial charge in [-0.05, 0) is 55.5 Å². The minimum absolute atomic E-state index is 0.110. The Labute approximate surface area is 211 Å². The Kier molecular flexibility index (Phi) is 8.17. The molecule has 3 rings (SSSR count). The van der Waals surface area contributed by atoms with Crippen LogP contribution in [0.15, 0.2) is 65.5 Å². The number of amides is 1. The summed E-state index contributed by atoms with van der Waals surface area (Å²) in [5.74, 6) is -2.07. The molecule has 1 unspecified atom stereocenters. The lowest BCUT2D eigenvalue weighted by Gasteiger charge is -2.37. The predicted molar refractivity (Wildman–Crippen MR) is 135 cm³/mol. The molecular weight excluding hydrogens is 463 g/mol. The lowest BCUT2D eigenvalue weighted by molar-refractivity contribution is -0.131. The van der Waals surface area contributed by atoms with E-state index in [1.54, 1.807) is 39.0 Å². The number of ketones is 1. The van der Waals surface area contributed by atoms with Crippen LogP contribution in [0.25, 0.3) is 5.57 Å². The van der Waals surface area contributed by atoms with E-state index in [2.05, 4.69) is 19.2 Å². The summed E-state index contributed by atoms with van der Waals surface area (Å²) in [6, 6.07) is 6.05. The van der Waals surface area contributed by atoms with Gasteiger partial charge in [0.05, 0.1) is 12.5 Å². The van der Waals surface area contributed by atoms with E-state index < -0.39 is 23.6 Å². The number of benzene rings is 1. The minimum atomic E-state index is -1.13. The normalized spacial score (nSPS) is 18.2. The zero-order valence-corrected chi connectivity index (χ0v) is 21.3. The quantitative estimate of drug-likeness (QED) is 0.512. The van der Waals surface area contributed by atoms with Crippen LogP contribution in [-0.2, 0) is 14.3 Å². The first-order valence-corrected chi connectivity index (χ1v) is 11.9.